The van der Waals surface area contributed by atoms with E-state index in [4.69, 9.17) is 9.51 Å². The number of carbonyl (C=O) groups excluding carboxylic acids is 1. The second kappa shape index (κ2) is 7.48. The molecule has 0 unspecified atom stereocenters. The van der Waals surface area contributed by atoms with Gasteiger partial charge in [-0.15, -0.1) is 0 Å². The molecule has 0 aliphatic carbocycles. The molecular formula is C21H24N4O2. The van der Waals surface area contributed by atoms with Crippen LogP contribution in [0.2, 0.25) is 0 Å². The number of benzene rings is 1. The molecule has 1 atom stereocenters. The normalized spacial score (nSPS) is 17.9. The van der Waals surface area contributed by atoms with E-state index in [2.05, 4.69) is 27.5 Å². The minimum absolute atomic E-state index is 0.0711. The van der Waals surface area contributed by atoms with Crippen molar-refractivity contribution in [2.24, 2.45) is 0 Å². The lowest BCUT2D eigenvalue weighted by Crippen LogP contribution is -2.33. The van der Waals surface area contributed by atoms with Crippen LogP contribution in [-0.4, -0.2) is 27.5 Å². The number of likely N-dealkylation sites (tertiary alicyclic amines) is 1. The average Bonchev–Trinajstić information content (AvgIpc) is 3.08. The van der Waals surface area contributed by atoms with Gasteiger partial charge in [-0.25, -0.2) is 0 Å². The summed E-state index contributed by atoms with van der Waals surface area (Å²) in [4.78, 5) is 18.5. The Labute approximate surface area is 158 Å². The highest BCUT2D eigenvalue weighted by atomic mass is 16.5. The van der Waals surface area contributed by atoms with Crippen LogP contribution in [0.1, 0.15) is 49.4 Å². The molecule has 1 amide bonds. The van der Waals surface area contributed by atoms with E-state index in [1.54, 1.807) is 0 Å². The standard InChI is InChI=1S/C21H24N4O2/c1-14-11-20(24-27-14)21-5-3-4-10-25(21)13-18-7-6-16-12-17(22-15(2)26)8-9-19(16)23-18/h6-9,11-12,21H,3-5,10,13H2,1-2H3,(H,22,26)/t21-/m0/s1. The average molecular weight is 364 g/mol. The second-order valence-electron chi connectivity index (χ2n) is 7.24. The predicted octanol–water partition coefficient (Wildman–Crippen LogP) is 4.22. The molecule has 3 aromatic rings. The maximum atomic E-state index is 11.2. The smallest absolute Gasteiger partial charge is 0.221 e. The van der Waals surface area contributed by atoms with Crippen LogP contribution in [0.25, 0.3) is 10.9 Å². The molecule has 4 rings (SSSR count). The van der Waals surface area contributed by atoms with Gasteiger partial charge in [0.2, 0.25) is 5.91 Å². The van der Waals surface area contributed by atoms with Gasteiger partial charge in [0.05, 0.1) is 17.3 Å². The Balaban J connectivity index is 1.55. The number of hydrogen-bond acceptors (Lipinski definition) is 5. The molecule has 6 heteroatoms. The number of piperidine rings is 1. The number of anilines is 1. The van der Waals surface area contributed by atoms with E-state index in [0.29, 0.717) is 0 Å². The number of pyridine rings is 1. The summed E-state index contributed by atoms with van der Waals surface area (Å²) >= 11 is 0. The quantitative estimate of drug-likeness (QED) is 0.750. The SMILES string of the molecule is CC(=O)Nc1ccc2nc(CN3CCCC[C@H]3c3cc(C)on3)ccc2c1. The Morgan fingerprint density at radius 2 is 2.15 bits per heavy atom. The number of nitrogens with one attached hydrogen (secondary N) is 1. The highest BCUT2D eigenvalue weighted by Gasteiger charge is 2.26. The van der Waals surface area contributed by atoms with Crippen molar-refractivity contribution in [3.05, 3.63) is 53.5 Å². The van der Waals surface area contributed by atoms with Crippen LogP contribution in [0.5, 0.6) is 0 Å². The summed E-state index contributed by atoms with van der Waals surface area (Å²) in [7, 11) is 0. The number of carbonyl (C=O) groups is 1. The molecule has 140 valence electrons. The number of amides is 1. The summed E-state index contributed by atoms with van der Waals surface area (Å²) < 4.78 is 5.29. The molecule has 1 fully saturated rings. The van der Waals surface area contributed by atoms with E-state index < -0.39 is 0 Å². The van der Waals surface area contributed by atoms with Crippen LogP contribution >= 0.6 is 0 Å². The summed E-state index contributed by atoms with van der Waals surface area (Å²) in [5.41, 5.74) is 3.80. The van der Waals surface area contributed by atoms with E-state index in [1.165, 1.54) is 19.8 Å². The fourth-order valence-electron chi connectivity index (χ4n) is 3.80. The molecule has 1 aliphatic heterocycles. The molecule has 1 saturated heterocycles. The Bertz CT molecular complexity index is 966. The van der Waals surface area contributed by atoms with Crippen molar-refractivity contribution in [3.63, 3.8) is 0 Å². The molecular weight excluding hydrogens is 340 g/mol. The van der Waals surface area contributed by atoms with Gasteiger partial charge in [-0.2, -0.15) is 0 Å². The molecule has 6 nitrogen and oxygen atoms in total. The maximum Gasteiger partial charge on any atom is 0.221 e. The van der Waals surface area contributed by atoms with Gasteiger partial charge in [0, 0.05) is 30.6 Å². The lowest BCUT2D eigenvalue weighted by molar-refractivity contribution is -0.114. The van der Waals surface area contributed by atoms with Crippen molar-refractivity contribution in [2.45, 2.75) is 45.7 Å². The fourth-order valence-corrected chi connectivity index (χ4v) is 3.80. The van der Waals surface area contributed by atoms with Crippen LogP contribution < -0.4 is 5.32 Å². The second-order valence-corrected chi connectivity index (χ2v) is 7.24. The van der Waals surface area contributed by atoms with E-state index >= 15 is 0 Å². The Hall–Kier alpha value is -2.73. The maximum absolute atomic E-state index is 11.2. The minimum Gasteiger partial charge on any atom is -0.361 e. The first kappa shape index (κ1) is 17.7. The molecule has 1 N–H and O–H groups in total. The predicted molar refractivity (Wildman–Crippen MR) is 104 cm³/mol. The van der Waals surface area contributed by atoms with E-state index in [0.717, 1.165) is 53.2 Å². The number of nitrogens with zero attached hydrogens (tertiary/aromatic N) is 3. The number of aromatic nitrogens is 2. The lowest BCUT2D eigenvalue weighted by Gasteiger charge is -2.34. The molecule has 0 saturated carbocycles. The van der Waals surface area contributed by atoms with Crippen LogP contribution in [0, 0.1) is 6.92 Å². The van der Waals surface area contributed by atoms with Crippen molar-refractivity contribution < 1.29 is 9.32 Å². The van der Waals surface area contributed by atoms with Gasteiger partial charge in [0.1, 0.15) is 11.5 Å². The molecule has 1 aromatic carbocycles. The Morgan fingerprint density at radius 3 is 2.93 bits per heavy atom. The van der Waals surface area contributed by atoms with Gasteiger partial charge in [0.15, 0.2) is 0 Å². The van der Waals surface area contributed by atoms with Crippen molar-refractivity contribution in [1.29, 1.82) is 0 Å². The summed E-state index contributed by atoms with van der Waals surface area (Å²) in [6.45, 7) is 5.28. The highest BCUT2D eigenvalue weighted by molar-refractivity contribution is 5.92. The van der Waals surface area contributed by atoms with Crippen LogP contribution in [-0.2, 0) is 11.3 Å². The number of hydrogen-bond donors (Lipinski definition) is 1. The van der Waals surface area contributed by atoms with Gasteiger partial charge < -0.3 is 9.84 Å². The third-order valence-electron chi connectivity index (χ3n) is 5.03. The highest BCUT2D eigenvalue weighted by Crippen LogP contribution is 2.31. The van der Waals surface area contributed by atoms with Gasteiger partial charge in [-0.3, -0.25) is 14.7 Å². The van der Waals surface area contributed by atoms with Crippen LogP contribution in [0.4, 0.5) is 5.69 Å². The van der Waals surface area contributed by atoms with Gasteiger partial charge >= 0.3 is 0 Å². The summed E-state index contributed by atoms with van der Waals surface area (Å²) in [5.74, 6) is 0.785. The van der Waals surface area contributed by atoms with E-state index in [-0.39, 0.29) is 11.9 Å². The van der Waals surface area contributed by atoms with E-state index in [9.17, 15) is 4.79 Å². The Kier molecular flexibility index (Phi) is 4.90. The van der Waals surface area contributed by atoms with Crippen molar-refractivity contribution in [3.8, 4) is 0 Å². The van der Waals surface area contributed by atoms with Crippen molar-refractivity contribution >= 4 is 22.5 Å². The van der Waals surface area contributed by atoms with Crippen LogP contribution in [0.15, 0.2) is 40.9 Å². The van der Waals surface area contributed by atoms with Gasteiger partial charge in [-0.1, -0.05) is 17.6 Å². The monoisotopic (exact) mass is 364 g/mol. The van der Waals surface area contributed by atoms with Crippen molar-refractivity contribution in [2.75, 3.05) is 11.9 Å². The van der Waals surface area contributed by atoms with Crippen LogP contribution in [0.3, 0.4) is 0 Å². The largest absolute Gasteiger partial charge is 0.361 e. The minimum atomic E-state index is -0.0711. The summed E-state index contributed by atoms with van der Waals surface area (Å²) in [5, 5.41) is 8.08. The van der Waals surface area contributed by atoms with E-state index in [1.807, 2.05) is 31.2 Å². The topological polar surface area (TPSA) is 71.3 Å². The lowest BCUT2D eigenvalue weighted by atomic mass is 9.99. The van der Waals surface area contributed by atoms with Crippen molar-refractivity contribution in [1.82, 2.24) is 15.0 Å². The molecule has 0 bridgehead atoms. The summed E-state index contributed by atoms with van der Waals surface area (Å²) in [6, 6.07) is 12.3. The first-order valence-corrected chi connectivity index (χ1v) is 9.43. The third-order valence-corrected chi connectivity index (χ3v) is 5.03. The molecule has 0 radical (unpaired) electrons. The molecule has 2 aromatic heterocycles. The molecule has 0 spiro atoms. The summed E-state index contributed by atoms with van der Waals surface area (Å²) in [6.07, 6.45) is 3.50. The Morgan fingerprint density at radius 1 is 1.26 bits per heavy atom. The number of fused-ring (bicyclic) bond motifs is 1. The molecule has 27 heavy (non-hydrogen) atoms. The third kappa shape index (κ3) is 4.01. The molecule has 1 aliphatic rings. The van der Waals surface area contributed by atoms with Gasteiger partial charge in [-0.05, 0) is 50.6 Å². The zero-order valence-electron chi connectivity index (χ0n) is 15.7. The zero-order valence-corrected chi connectivity index (χ0v) is 15.7. The molecule has 3 heterocycles. The number of rotatable bonds is 4. The fraction of sp³-hybridized carbons (Fsp3) is 0.381. The zero-order chi connectivity index (χ0) is 18.8. The first-order chi connectivity index (χ1) is 13.1. The first-order valence-electron chi connectivity index (χ1n) is 9.43. The van der Waals surface area contributed by atoms with Gasteiger partial charge in [0.25, 0.3) is 0 Å². The number of aryl methyl sites for hydroxylation is 1.